The Morgan fingerprint density at radius 2 is 2.13 bits per heavy atom. The van der Waals surface area contributed by atoms with Crippen molar-refractivity contribution < 1.29 is 9.90 Å². The minimum atomic E-state index is -0.165. The molecule has 86 valence electrons. The van der Waals surface area contributed by atoms with Crippen LogP contribution >= 0.6 is 0 Å². The van der Waals surface area contributed by atoms with Crippen molar-refractivity contribution in [2.75, 3.05) is 13.2 Å². The fourth-order valence-corrected chi connectivity index (χ4v) is 1.07. The normalized spacial score (nSPS) is 11.3. The van der Waals surface area contributed by atoms with Gasteiger partial charge in [-0.1, -0.05) is 38.0 Å². The van der Waals surface area contributed by atoms with Gasteiger partial charge in [0.05, 0.1) is 6.61 Å². The summed E-state index contributed by atoms with van der Waals surface area (Å²) in [4.78, 5) is 11.0. The number of aliphatic hydroxyl groups is 1. The number of nitrogens with one attached hydrogen (secondary N) is 1. The van der Waals surface area contributed by atoms with Gasteiger partial charge in [-0.05, 0) is 12.8 Å². The van der Waals surface area contributed by atoms with Crippen LogP contribution in [0.5, 0.6) is 0 Å². The number of hydrogen-bond acceptors (Lipinski definition) is 2. The Balaban J connectivity index is 3.46. The highest BCUT2D eigenvalue weighted by molar-refractivity contribution is 5.87. The van der Waals surface area contributed by atoms with Crippen molar-refractivity contribution in [1.82, 2.24) is 5.32 Å². The lowest BCUT2D eigenvalue weighted by Gasteiger charge is -1.95. The van der Waals surface area contributed by atoms with E-state index in [1.165, 1.54) is 25.3 Å². The molecule has 0 heterocycles. The van der Waals surface area contributed by atoms with Gasteiger partial charge in [-0.2, -0.15) is 0 Å². The first-order valence-electron chi connectivity index (χ1n) is 5.53. The van der Waals surface area contributed by atoms with Crippen LogP contribution < -0.4 is 5.32 Å². The highest BCUT2D eigenvalue weighted by Gasteiger charge is 1.89. The average Bonchev–Trinajstić information content (AvgIpc) is 2.25. The number of carbonyl (C=O) groups is 1. The Bertz CT molecular complexity index is 210. The van der Waals surface area contributed by atoms with Crippen LogP contribution in [-0.4, -0.2) is 24.2 Å². The Morgan fingerprint density at radius 1 is 1.33 bits per heavy atom. The maximum absolute atomic E-state index is 11.0. The number of amides is 1. The lowest BCUT2D eigenvalue weighted by Crippen LogP contribution is -2.24. The van der Waals surface area contributed by atoms with Crippen LogP contribution in [0, 0.1) is 0 Å². The second-order valence-corrected chi connectivity index (χ2v) is 3.30. The molecule has 0 saturated carbocycles. The van der Waals surface area contributed by atoms with E-state index in [0.29, 0.717) is 6.54 Å². The summed E-state index contributed by atoms with van der Waals surface area (Å²) in [6, 6.07) is 0. The zero-order valence-corrected chi connectivity index (χ0v) is 9.41. The minimum absolute atomic E-state index is 0.0214. The van der Waals surface area contributed by atoms with Crippen LogP contribution in [0.2, 0.25) is 0 Å². The highest BCUT2D eigenvalue weighted by atomic mass is 16.3. The Labute approximate surface area is 91.9 Å². The van der Waals surface area contributed by atoms with Gasteiger partial charge in [0, 0.05) is 12.6 Å². The lowest BCUT2D eigenvalue weighted by molar-refractivity contribution is -0.116. The number of allylic oxidation sites excluding steroid dienone is 3. The molecule has 2 N–H and O–H groups in total. The molecular weight excluding hydrogens is 190 g/mol. The van der Waals surface area contributed by atoms with Crippen LogP contribution in [0.1, 0.15) is 32.6 Å². The fourth-order valence-electron chi connectivity index (χ4n) is 1.07. The molecule has 0 atom stereocenters. The molecule has 0 rings (SSSR count). The summed E-state index contributed by atoms with van der Waals surface area (Å²) in [6.07, 6.45) is 11.9. The van der Waals surface area contributed by atoms with E-state index in [9.17, 15) is 4.79 Å². The standard InChI is InChI=1S/C12H21NO2/c1-2-3-4-5-6-7-8-9-12(15)13-10-11-14/h6-9,14H,2-5,10-11H2,1H3,(H,13,15)/b7-6+,9-8+. The summed E-state index contributed by atoms with van der Waals surface area (Å²) in [6.45, 7) is 2.46. The van der Waals surface area contributed by atoms with Crippen molar-refractivity contribution in [3.63, 3.8) is 0 Å². The number of carbonyl (C=O) groups excluding carboxylic acids is 1. The first kappa shape index (κ1) is 13.9. The molecule has 0 radical (unpaired) electrons. The molecule has 0 aliphatic heterocycles. The Morgan fingerprint density at radius 3 is 2.80 bits per heavy atom. The van der Waals surface area contributed by atoms with Gasteiger partial charge >= 0.3 is 0 Å². The third-order valence-electron chi connectivity index (χ3n) is 1.88. The lowest BCUT2D eigenvalue weighted by atomic mass is 10.2. The third kappa shape index (κ3) is 10.8. The van der Waals surface area contributed by atoms with Gasteiger partial charge in [-0.15, -0.1) is 0 Å². The van der Waals surface area contributed by atoms with E-state index < -0.39 is 0 Å². The zero-order valence-electron chi connectivity index (χ0n) is 9.41. The quantitative estimate of drug-likeness (QED) is 0.365. The summed E-state index contributed by atoms with van der Waals surface area (Å²) in [5, 5.41) is 11.0. The summed E-state index contributed by atoms with van der Waals surface area (Å²) in [7, 11) is 0. The van der Waals surface area contributed by atoms with Crippen molar-refractivity contribution in [3.8, 4) is 0 Å². The molecule has 0 fully saturated rings. The molecule has 3 heteroatoms. The van der Waals surface area contributed by atoms with E-state index in [1.807, 2.05) is 6.08 Å². The van der Waals surface area contributed by atoms with E-state index in [0.717, 1.165) is 6.42 Å². The summed E-state index contributed by atoms with van der Waals surface area (Å²) < 4.78 is 0. The molecule has 0 saturated heterocycles. The van der Waals surface area contributed by atoms with Crippen LogP contribution in [0.4, 0.5) is 0 Å². The maximum Gasteiger partial charge on any atom is 0.244 e. The van der Waals surface area contributed by atoms with Gasteiger partial charge in [0.2, 0.25) is 5.91 Å². The van der Waals surface area contributed by atoms with Gasteiger partial charge in [-0.25, -0.2) is 0 Å². The molecule has 0 aromatic rings. The van der Waals surface area contributed by atoms with Crippen LogP contribution in [0.15, 0.2) is 24.3 Å². The Hall–Kier alpha value is -1.09. The second-order valence-electron chi connectivity index (χ2n) is 3.30. The van der Waals surface area contributed by atoms with E-state index >= 15 is 0 Å². The largest absolute Gasteiger partial charge is 0.395 e. The van der Waals surface area contributed by atoms with Gasteiger partial charge in [0.25, 0.3) is 0 Å². The average molecular weight is 211 g/mol. The first-order valence-corrected chi connectivity index (χ1v) is 5.53. The van der Waals surface area contributed by atoms with Crippen LogP contribution in [0.25, 0.3) is 0 Å². The second kappa shape index (κ2) is 11.0. The minimum Gasteiger partial charge on any atom is -0.395 e. The van der Waals surface area contributed by atoms with E-state index in [1.54, 1.807) is 6.08 Å². The number of rotatable bonds is 8. The van der Waals surface area contributed by atoms with Gasteiger partial charge in [0.15, 0.2) is 0 Å². The monoisotopic (exact) mass is 211 g/mol. The Kier molecular flexibility index (Phi) is 10.2. The van der Waals surface area contributed by atoms with E-state index in [2.05, 4.69) is 18.3 Å². The zero-order chi connectivity index (χ0) is 11.4. The SMILES string of the molecule is CCCCC/C=C/C=C/C(=O)NCCO. The van der Waals surface area contributed by atoms with Crippen molar-refractivity contribution in [2.45, 2.75) is 32.6 Å². The van der Waals surface area contributed by atoms with Gasteiger partial charge in [0.1, 0.15) is 0 Å². The third-order valence-corrected chi connectivity index (χ3v) is 1.88. The molecule has 0 aromatic heterocycles. The molecule has 0 aliphatic rings. The molecular formula is C12H21NO2. The van der Waals surface area contributed by atoms with Crippen molar-refractivity contribution in [3.05, 3.63) is 24.3 Å². The summed E-state index contributed by atoms with van der Waals surface area (Å²) >= 11 is 0. The van der Waals surface area contributed by atoms with Crippen molar-refractivity contribution in [2.24, 2.45) is 0 Å². The molecule has 1 amide bonds. The summed E-state index contributed by atoms with van der Waals surface area (Å²) in [5.41, 5.74) is 0. The molecule has 0 spiro atoms. The predicted octanol–water partition coefficient (Wildman–Crippen LogP) is 1.79. The maximum atomic E-state index is 11.0. The number of hydrogen-bond donors (Lipinski definition) is 2. The summed E-state index contributed by atoms with van der Waals surface area (Å²) in [5.74, 6) is -0.165. The molecule has 15 heavy (non-hydrogen) atoms. The van der Waals surface area contributed by atoms with Crippen LogP contribution in [0.3, 0.4) is 0 Å². The van der Waals surface area contributed by atoms with Crippen molar-refractivity contribution in [1.29, 1.82) is 0 Å². The van der Waals surface area contributed by atoms with E-state index in [4.69, 9.17) is 5.11 Å². The molecule has 0 aliphatic carbocycles. The molecule has 0 aromatic carbocycles. The smallest absolute Gasteiger partial charge is 0.244 e. The van der Waals surface area contributed by atoms with Crippen LogP contribution in [-0.2, 0) is 4.79 Å². The van der Waals surface area contributed by atoms with Gasteiger partial charge in [-0.3, -0.25) is 4.79 Å². The van der Waals surface area contributed by atoms with E-state index in [-0.39, 0.29) is 12.5 Å². The van der Waals surface area contributed by atoms with Crippen molar-refractivity contribution >= 4 is 5.91 Å². The molecule has 0 unspecified atom stereocenters. The number of aliphatic hydroxyl groups excluding tert-OH is 1. The topological polar surface area (TPSA) is 49.3 Å². The fraction of sp³-hybridized carbons (Fsp3) is 0.583. The first-order chi connectivity index (χ1) is 7.31. The molecule has 3 nitrogen and oxygen atoms in total. The number of unbranched alkanes of at least 4 members (excludes halogenated alkanes) is 3. The molecule has 0 bridgehead atoms. The highest BCUT2D eigenvalue weighted by Crippen LogP contribution is 1.99. The van der Waals surface area contributed by atoms with Gasteiger partial charge < -0.3 is 10.4 Å². The predicted molar refractivity (Wildman–Crippen MR) is 62.5 cm³/mol.